The van der Waals surface area contributed by atoms with Crippen LogP contribution in [-0.4, -0.2) is 18.5 Å². The second kappa shape index (κ2) is 4.52. The first-order valence-electron chi connectivity index (χ1n) is 6.22. The fourth-order valence-corrected chi connectivity index (χ4v) is 2.65. The molecule has 3 heteroatoms. The highest BCUT2D eigenvalue weighted by Gasteiger charge is 2.37. The van der Waals surface area contributed by atoms with Crippen molar-refractivity contribution in [1.82, 2.24) is 5.32 Å². The molecule has 0 aromatic heterocycles. The Morgan fingerprint density at radius 1 is 1.40 bits per heavy atom. The number of hydrogen-bond acceptors (Lipinski definition) is 2. The Morgan fingerprint density at radius 2 is 2.07 bits per heavy atom. The van der Waals surface area contributed by atoms with Gasteiger partial charge in [0.25, 0.3) is 0 Å². The molecule has 0 radical (unpaired) electrons. The Hall–Kier alpha value is -0.570. The lowest BCUT2D eigenvalue weighted by molar-refractivity contribution is -0.127. The van der Waals surface area contributed by atoms with Gasteiger partial charge >= 0.3 is 0 Å². The topological polar surface area (TPSA) is 55.1 Å². The van der Waals surface area contributed by atoms with Gasteiger partial charge in [0, 0.05) is 12.0 Å². The highest BCUT2D eigenvalue weighted by Crippen LogP contribution is 2.33. The predicted octanol–water partition coefficient (Wildman–Crippen LogP) is 1.28. The molecule has 0 bridgehead atoms. The summed E-state index contributed by atoms with van der Waals surface area (Å²) in [5, 5.41) is 3.14. The van der Waals surface area contributed by atoms with Gasteiger partial charge in [-0.05, 0) is 37.6 Å². The van der Waals surface area contributed by atoms with E-state index in [9.17, 15) is 4.79 Å². The van der Waals surface area contributed by atoms with Gasteiger partial charge in [0.1, 0.15) is 0 Å². The fraction of sp³-hybridized carbons (Fsp3) is 0.917. The lowest BCUT2D eigenvalue weighted by Crippen LogP contribution is -2.40. The van der Waals surface area contributed by atoms with Gasteiger partial charge in [-0.25, -0.2) is 0 Å². The molecule has 0 aromatic rings. The molecule has 0 spiro atoms. The summed E-state index contributed by atoms with van der Waals surface area (Å²) in [4.78, 5) is 12.0. The van der Waals surface area contributed by atoms with Gasteiger partial charge in [-0.15, -0.1) is 0 Å². The van der Waals surface area contributed by atoms with Gasteiger partial charge in [0.05, 0.1) is 0 Å². The molecule has 3 N–H and O–H groups in total. The molecule has 3 nitrogen and oxygen atoms in total. The summed E-state index contributed by atoms with van der Waals surface area (Å²) in [6.45, 7) is 2.85. The molecule has 1 amide bonds. The average molecular weight is 210 g/mol. The van der Waals surface area contributed by atoms with Gasteiger partial charge in [-0.2, -0.15) is 0 Å². The van der Waals surface area contributed by atoms with Crippen molar-refractivity contribution in [2.75, 3.05) is 6.54 Å². The van der Waals surface area contributed by atoms with Crippen molar-refractivity contribution >= 4 is 5.91 Å². The van der Waals surface area contributed by atoms with Crippen molar-refractivity contribution in [2.24, 2.45) is 23.5 Å². The first-order chi connectivity index (χ1) is 7.22. The molecule has 2 rings (SSSR count). The third-order valence-corrected chi connectivity index (χ3v) is 3.99. The highest BCUT2D eigenvalue weighted by atomic mass is 16.2. The maximum Gasteiger partial charge on any atom is 0.223 e. The number of carbonyl (C=O) groups is 1. The van der Waals surface area contributed by atoms with Crippen molar-refractivity contribution in [1.29, 1.82) is 0 Å². The molecule has 2 aliphatic carbocycles. The molecular weight excluding hydrogens is 188 g/mol. The minimum absolute atomic E-state index is 0.191. The molecular formula is C12H22N2O. The van der Waals surface area contributed by atoms with Gasteiger partial charge in [-0.3, -0.25) is 4.79 Å². The number of nitrogens with two attached hydrogens (primary N) is 1. The Kier molecular flexibility index (Phi) is 3.29. The minimum atomic E-state index is 0.191. The van der Waals surface area contributed by atoms with E-state index >= 15 is 0 Å². The molecule has 0 aromatic carbocycles. The second-order valence-electron chi connectivity index (χ2n) is 5.21. The number of hydrogen-bond donors (Lipinski definition) is 2. The third-order valence-electron chi connectivity index (χ3n) is 3.99. The zero-order valence-electron chi connectivity index (χ0n) is 9.54. The average Bonchev–Trinajstić information content (AvgIpc) is 2.94. The van der Waals surface area contributed by atoms with Crippen molar-refractivity contribution in [3.05, 3.63) is 0 Å². The lowest BCUT2D eigenvalue weighted by Gasteiger charge is -2.29. The monoisotopic (exact) mass is 210 g/mol. The van der Waals surface area contributed by atoms with Crippen molar-refractivity contribution < 1.29 is 4.79 Å². The summed E-state index contributed by atoms with van der Waals surface area (Å²) < 4.78 is 0. The maximum atomic E-state index is 12.0. The summed E-state index contributed by atoms with van der Waals surface area (Å²) >= 11 is 0. The van der Waals surface area contributed by atoms with Crippen LogP contribution < -0.4 is 11.1 Å². The molecule has 2 aliphatic rings. The predicted molar refractivity (Wildman–Crippen MR) is 60.2 cm³/mol. The summed E-state index contributed by atoms with van der Waals surface area (Å²) in [5.74, 6) is 1.57. The molecule has 86 valence electrons. The van der Waals surface area contributed by atoms with E-state index in [1.807, 2.05) is 0 Å². The molecule has 4 atom stereocenters. The van der Waals surface area contributed by atoms with Crippen LogP contribution in [0.2, 0.25) is 0 Å². The maximum absolute atomic E-state index is 12.0. The van der Waals surface area contributed by atoms with Crippen LogP contribution in [0.1, 0.15) is 39.0 Å². The van der Waals surface area contributed by atoms with Gasteiger partial charge in [0.2, 0.25) is 5.91 Å². The van der Waals surface area contributed by atoms with Crippen LogP contribution in [0.3, 0.4) is 0 Å². The zero-order chi connectivity index (χ0) is 10.8. The van der Waals surface area contributed by atoms with Crippen LogP contribution >= 0.6 is 0 Å². The van der Waals surface area contributed by atoms with Crippen LogP contribution in [0.25, 0.3) is 0 Å². The molecule has 15 heavy (non-hydrogen) atoms. The standard InChI is InChI=1S/C12H22N2O/c1-8-6-11(8)14-12(15)10-5-3-2-4-9(10)7-13/h8-11H,2-7,13H2,1H3,(H,14,15). The number of rotatable bonds is 3. The van der Waals surface area contributed by atoms with Crippen LogP contribution in [0.4, 0.5) is 0 Å². The van der Waals surface area contributed by atoms with Gasteiger partial charge in [0.15, 0.2) is 0 Å². The largest absolute Gasteiger partial charge is 0.353 e. The molecule has 2 fully saturated rings. The Morgan fingerprint density at radius 3 is 2.67 bits per heavy atom. The highest BCUT2D eigenvalue weighted by molar-refractivity contribution is 5.79. The Bertz CT molecular complexity index is 242. The summed E-state index contributed by atoms with van der Waals surface area (Å²) in [6, 6.07) is 0.456. The van der Waals surface area contributed by atoms with E-state index < -0.39 is 0 Å². The number of nitrogens with one attached hydrogen (secondary N) is 1. The Balaban J connectivity index is 1.86. The molecule has 2 saturated carbocycles. The first-order valence-corrected chi connectivity index (χ1v) is 6.22. The van der Waals surface area contributed by atoms with Gasteiger partial charge in [-0.1, -0.05) is 19.8 Å². The number of carbonyl (C=O) groups excluding carboxylic acids is 1. The number of amides is 1. The van der Waals surface area contributed by atoms with E-state index in [1.54, 1.807) is 0 Å². The van der Waals surface area contributed by atoms with Crippen molar-refractivity contribution in [2.45, 2.75) is 45.1 Å². The SMILES string of the molecule is CC1CC1NC(=O)C1CCCCC1CN. The van der Waals surface area contributed by atoms with Crippen molar-refractivity contribution in [3.8, 4) is 0 Å². The molecule has 0 heterocycles. The third kappa shape index (κ3) is 2.51. The first kappa shape index (κ1) is 10.9. The summed E-state index contributed by atoms with van der Waals surface area (Å²) in [5.41, 5.74) is 5.73. The molecule has 0 aliphatic heterocycles. The van der Waals surface area contributed by atoms with E-state index in [4.69, 9.17) is 5.73 Å². The van der Waals surface area contributed by atoms with Crippen LogP contribution in [0.15, 0.2) is 0 Å². The smallest absolute Gasteiger partial charge is 0.223 e. The zero-order valence-corrected chi connectivity index (χ0v) is 9.54. The molecule has 4 unspecified atom stereocenters. The summed E-state index contributed by atoms with van der Waals surface area (Å²) in [6.07, 6.45) is 5.76. The normalized spacial score (nSPS) is 39.9. The van der Waals surface area contributed by atoms with E-state index in [0.29, 0.717) is 24.4 Å². The lowest BCUT2D eigenvalue weighted by atomic mass is 9.79. The molecule has 0 saturated heterocycles. The van der Waals surface area contributed by atoms with E-state index in [0.717, 1.165) is 19.3 Å². The summed E-state index contributed by atoms with van der Waals surface area (Å²) in [7, 11) is 0. The minimum Gasteiger partial charge on any atom is -0.353 e. The fourth-order valence-electron chi connectivity index (χ4n) is 2.65. The Labute approximate surface area is 91.8 Å². The van der Waals surface area contributed by atoms with Crippen LogP contribution in [-0.2, 0) is 4.79 Å². The second-order valence-corrected chi connectivity index (χ2v) is 5.21. The van der Waals surface area contributed by atoms with E-state index in [-0.39, 0.29) is 11.8 Å². The van der Waals surface area contributed by atoms with Crippen molar-refractivity contribution in [3.63, 3.8) is 0 Å². The quantitative estimate of drug-likeness (QED) is 0.737. The van der Waals surface area contributed by atoms with Crippen LogP contribution in [0, 0.1) is 17.8 Å². The van der Waals surface area contributed by atoms with E-state index in [1.165, 1.54) is 12.8 Å². The van der Waals surface area contributed by atoms with Gasteiger partial charge < -0.3 is 11.1 Å². The van der Waals surface area contributed by atoms with E-state index in [2.05, 4.69) is 12.2 Å². The van der Waals surface area contributed by atoms with Crippen LogP contribution in [0.5, 0.6) is 0 Å².